The van der Waals surface area contributed by atoms with Crippen molar-refractivity contribution >= 4 is 23.3 Å². The van der Waals surface area contributed by atoms with E-state index in [-0.39, 0.29) is 0 Å². The number of phenols is 1. The zero-order valence-electron chi connectivity index (χ0n) is 8.85. The molecule has 0 spiro atoms. The van der Waals surface area contributed by atoms with Crippen molar-refractivity contribution < 1.29 is 36.7 Å². The van der Waals surface area contributed by atoms with Crippen LogP contribution in [0.1, 0.15) is 10.4 Å². The van der Waals surface area contributed by atoms with Crippen molar-refractivity contribution in [2.24, 2.45) is 0 Å². The van der Waals surface area contributed by atoms with E-state index in [1.807, 2.05) is 0 Å². The van der Waals surface area contributed by atoms with E-state index in [9.17, 15) is 27.4 Å². The molecule has 0 unspecified atom stereocenters. The topological polar surface area (TPSA) is 135 Å². The zero-order chi connectivity index (χ0) is 14.1. The van der Waals surface area contributed by atoms with E-state index in [0.717, 1.165) is 19.2 Å². The molecule has 0 radical (unpaired) electrons. The van der Waals surface area contributed by atoms with Crippen molar-refractivity contribution in [1.29, 1.82) is 0 Å². The van der Waals surface area contributed by atoms with Gasteiger partial charge in [-0.2, -0.15) is 8.42 Å². The number of carbonyl (C=O) groups is 1. The molecule has 1 aromatic rings. The van der Waals surface area contributed by atoms with Crippen molar-refractivity contribution in [2.45, 2.75) is 4.90 Å². The Morgan fingerprint density at radius 1 is 1.33 bits per heavy atom. The average Bonchev–Trinajstić information content (AvgIpc) is 2.26. The van der Waals surface area contributed by atoms with Crippen LogP contribution >= 0.6 is 7.68 Å². The van der Waals surface area contributed by atoms with Crippen LogP contribution in [0.4, 0.5) is 0 Å². The lowest BCUT2D eigenvalue weighted by Crippen LogP contribution is -2.08. The van der Waals surface area contributed by atoms with E-state index in [4.69, 9.17) is 4.55 Å². The highest BCUT2D eigenvalue weighted by Crippen LogP contribution is 2.37. The highest BCUT2D eigenvalue weighted by molar-refractivity contribution is 7.86. The first-order valence-electron chi connectivity index (χ1n) is 4.26. The average molecular weight is 294 g/mol. The predicted octanol–water partition coefficient (Wildman–Crippen LogP) is 0.961. The van der Waals surface area contributed by atoms with E-state index in [2.05, 4.69) is 4.74 Å². The van der Waals surface area contributed by atoms with Crippen LogP contribution in [0.5, 0.6) is 11.5 Å². The van der Waals surface area contributed by atoms with Gasteiger partial charge in [-0.25, -0.2) is 9.13 Å². The van der Waals surface area contributed by atoms with Gasteiger partial charge in [0.15, 0.2) is 16.4 Å². The Morgan fingerprint density at radius 3 is 2.28 bits per heavy atom. The van der Waals surface area contributed by atoms with Crippen molar-refractivity contribution in [1.82, 2.24) is 0 Å². The summed E-state index contributed by atoms with van der Waals surface area (Å²) in [7, 11) is -7.55. The summed E-state index contributed by atoms with van der Waals surface area (Å²) in [5, 5.41) is 9.34. The lowest BCUT2D eigenvalue weighted by molar-refractivity contribution is 0.107. The summed E-state index contributed by atoms with van der Waals surface area (Å²) in [5.41, 5.74) is -2.32. The predicted molar refractivity (Wildman–Crippen MR) is 57.1 cm³/mol. The molecule has 0 atom stereocenters. The molecule has 0 aliphatic heterocycles. The number of aromatic hydroxyl groups is 1. The molecule has 1 aromatic carbocycles. The molecule has 0 aliphatic carbocycles. The zero-order valence-corrected chi connectivity index (χ0v) is 10.6. The standard InChI is InChI=1S/C8H7O8PS/c1-16-6-5(9)3-2-4(8(10)17(11)12)7(6)18(13,14)15/h2-3,9H,1H3,(H,13,14,15). The quantitative estimate of drug-likeness (QED) is 0.619. The van der Waals surface area contributed by atoms with Gasteiger partial charge in [0, 0.05) is 0 Å². The molecule has 0 saturated heterocycles. The summed E-state index contributed by atoms with van der Waals surface area (Å²) >= 11 is 0. The summed E-state index contributed by atoms with van der Waals surface area (Å²) < 4.78 is 56.9. The summed E-state index contributed by atoms with van der Waals surface area (Å²) in [4.78, 5) is 10.2. The number of phenolic OH excluding ortho intramolecular Hbond substituents is 1. The Labute approximate surface area is 102 Å². The Hall–Kier alpha value is -1.70. The van der Waals surface area contributed by atoms with E-state index >= 15 is 0 Å². The normalized spacial score (nSPS) is 11.0. The number of hydrogen-bond acceptors (Lipinski definition) is 7. The van der Waals surface area contributed by atoms with Crippen LogP contribution < -0.4 is 4.74 Å². The van der Waals surface area contributed by atoms with Gasteiger partial charge in [0.05, 0.1) is 12.7 Å². The van der Waals surface area contributed by atoms with Gasteiger partial charge in [-0.15, -0.1) is 0 Å². The molecule has 2 N–H and O–H groups in total. The molecule has 0 aromatic heterocycles. The molecule has 0 heterocycles. The van der Waals surface area contributed by atoms with Crippen LogP contribution in [0.15, 0.2) is 17.0 Å². The maximum Gasteiger partial charge on any atom is 0.390 e. The molecule has 98 valence electrons. The molecular weight excluding hydrogens is 287 g/mol. The molecule has 0 fully saturated rings. The van der Waals surface area contributed by atoms with E-state index in [0.29, 0.717) is 0 Å². The third-order valence-electron chi connectivity index (χ3n) is 1.95. The minimum Gasteiger partial charge on any atom is -0.504 e. The summed E-state index contributed by atoms with van der Waals surface area (Å²) in [6.07, 6.45) is 0. The van der Waals surface area contributed by atoms with Gasteiger partial charge < -0.3 is 9.84 Å². The molecular formula is C8H7O8PS. The van der Waals surface area contributed by atoms with Gasteiger partial charge in [-0.1, -0.05) is 0 Å². The smallest absolute Gasteiger partial charge is 0.390 e. The first-order valence-corrected chi connectivity index (χ1v) is 6.88. The number of hydrogen-bond donors (Lipinski definition) is 2. The van der Waals surface area contributed by atoms with Gasteiger partial charge in [-0.3, -0.25) is 9.35 Å². The van der Waals surface area contributed by atoms with Crippen molar-refractivity contribution in [2.75, 3.05) is 7.11 Å². The molecule has 10 heteroatoms. The molecule has 18 heavy (non-hydrogen) atoms. The SMILES string of the molecule is COc1c(O)ccc(C(=O)P(=O)=O)c1S(=O)(=O)O. The number of benzene rings is 1. The fourth-order valence-electron chi connectivity index (χ4n) is 1.27. The van der Waals surface area contributed by atoms with Crippen molar-refractivity contribution in [3.8, 4) is 11.5 Å². The first kappa shape index (κ1) is 14.4. The maximum atomic E-state index is 11.3. The maximum absolute atomic E-state index is 11.3. The van der Waals surface area contributed by atoms with Crippen LogP contribution in [-0.2, 0) is 19.2 Å². The molecule has 8 nitrogen and oxygen atoms in total. The van der Waals surface area contributed by atoms with E-state index in [1.165, 1.54) is 0 Å². The number of carbonyl (C=O) groups excluding carboxylic acids is 1. The van der Waals surface area contributed by atoms with Crippen LogP contribution in [0.3, 0.4) is 0 Å². The van der Waals surface area contributed by atoms with Crippen molar-refractivity contribution in [3.63, 3.8) is 0 Å². The van der Waals surface area contributed by atoms with Crippen molar-refractivity contribution in [3.05, 3.63) is 17.7 Å². The minimum absolute atomic E-state index is 0.664. The van der Waals surface area contributed by atoms with Crippen LogP contribution in [0.25, 0.3) is 0 Å². The first-order chi connectivity index (χ1) is 8.20. The summed E-state index contributed by atoms with van der Waals surface area (Å²) in [6.45, 7) is 0. The second kappa shape index (κ2) is 4.89. The molecule has 0 amide bonds. The van der Waals surface area contributed by atoms with Crippen LogP contribution in [0, 0.1) is 0 Å². The van der Waals surface area contributed by atoms with Gasteiger partial charge in [-0.05, 0) is 12.1 Å². The third kappa shape index (κ3) is 2.58. The number of methoxy groups -OCH3 is 1. The summed E-state index contributed by atoms with van der Waals surface area (Å²) in [5.74, 6) is -1.37. The minimum atomic E-state index is -4.95. The Balaban J connectivity index is 3.80. The summed E-state index contributed by atoms with van der Waals surface area (Å²) in [6, 6.07) is 1.63. The Kier molecular flexibility index (Phi) is 3.90. The third-order valence-corrected chi connectivity index (χ3v) is 3.44. The van der Waals surface area contributed by atoms with Gasteiger partial charge in [0.1, 0.15) is 0 Å². The molecule has 0 bridgehead atoms. The second-order valence-corrected chi connectivity index (χ2v) is 5.31. The fourth-order valence-corrected chi connectivity index (χ4v) is 2.59. The van der Waals surface area contributed by atoms with Gasteiger partial charge in [0.25, 0.3) is 15.6 Å². The lowest BCUT2D eigenvalue weighted by Gasteiger charge is -2.10. The van der Waals surface area contributed by atoms with E-state index in [1.54, 1.807) is 0 Å². The monoisotopic (exact) mass is 294 g/mol. The fraction of sp³-hybridized carbons (Fsp3) is 0.125. The molecule has 0 aliphatic rings. The Morgan fingerprint density at radius 2 is 1.89 bits per heavy atom. The van der Waals surface area contributed by atoms with Gasteiger partial charge in [0.2, 0.25) is 0 Å². The highest BCUT2D eigenvalue weighted by Gasteiger charge is 2.29. The van der Waals surface area contributed by atoms with Gasteiger partial charge >= 0.3 is 7.68 Å². The van der Waals surface area contributed by atoms with E-state index < -0.39 is 45.3 Å². The Bertz CT molecular complexity index is 665. The largest absolute Gasteiger partial charge is 0.504 e. The lowest BCUT2D eigenvalue weighted by atomic mass is 10.2. The number of ether oxygens (including phenoxy) is 1. The van der Waals surface area contributed by atoms with Crippen LogP contribution in [-0.4, -0.2) is 30.7 Å². The number of rotatable bonds is 4. The highest BCUT2D eigenvalue weighted by atomic mass is 32.2. The van der Waals surface area contributed by atoms with Crippen LogP contribution in [0.2, 0.25) is 0 Å². The molecule has 0 saturated carbocycles. The second-order valence-electron chi connectivity index (χ2n) is 3.03. The molecule has 1 rings (SSSR count).